The van der Waals surface area contributed by atoms with Crippen LogP contribution in [0.4, 0.5) is 0 Å². The molecule has 4 heteroatoms. The summed E-state index contributed by atoms with van der Waals surface area (Å²) in [5.41, 5.74) is 2.19. The summed E-state index contributed by atoms with van der Waals surface area (Å²) in [5, 5.41) is 0.554. The average molecular weight is 296 g/mol. The molecule has 0 N–H and O–H groups in total. The van der Waals surface area contributed by atoms with Gasteiger partial charge in [0.15, 0.2) is 5.43 Å². The van der Waals surface area contributed by atoms with Crippen molar-refractivity contribution in [3.05, 3.63) is 70.4 Å². The number of hydrogen-bond donors (Lipinski definition) is 0. The fourth-order valence-corrected chi connectivity index (χ4v) is 2.33. The third-order valence-electron chi connectivity index (χ3n) is 3.35. The largest absolute Gasteiger partial charge is 0.455 e. The maximum Gasteiger partial charge on any atom is 0.193 e. The van der Waals surface area contributed by atoms with E-state index in [-0.39, 0.29) is 12.2 Å². The van der Waals surface area contributed by atoms with Crippen LogP contribution in [-0.2, 0) is 16.1 Å². The number of benzene rings is 2. The molecule has 0 saturated heterocycles. The lowest BCUT2D eigenvalue weighted by Crippen LogP contribution is -2.03. The fourth-order valence-electron chi connectivity index (χ4n) is 2.33. The molecule has 0 aliphatic carbocycles. The summed E-state index contributed by atoms with van der Waals surface area (Å²) >= 11 is 0. The molecular weight excluding hydrogens is 280 g/mol. The van der Waals surface area contributed by atoms with Gasteiger partial charge in [0.05, 0.1) is 12.0 Å². The zero-order valence-corrected chi connectivity index (χ0v) is 12.2. The van der Waals surface area contributed by atoms with E-state index < -0.39 is 0 Å². The Morgan fingerprint density at radius 2 is 1.86 bits per heavy atom. The van der Waals surface area contributed by atoms with Crippen LogP contribution in [0, 0.1) is 0 Å². The lowest BCUT2D eigenvalue weighted by molar-refractivity contribution is -0.0389. The molecular formula is C18H16O4. The third kappa shape index (κ3) is 2.93. The molecule has 1 aromatic heterocycles. The van der Waals surface area contributed by atoms with Gasteiger partial charge in [0.1, 0.15) is 18.1 Å². The van der Waals surface area contributed by atoms with Gasteiger partial charge in [-0.15, -0.1) is 0 Å². The fraction of sp³-hybridized carbons (Fsp3) is 0.167. The van der Waals surface area contributed by atoms with Crippen LogP contribution in [0.2, 0.25) is 0 Å². The van der Waals surface area contributed by atoms with Crippen molar-refractivity contribution in [2.75, 3.05) is 13.9 Å². The average Bonchev–Trinajstić information content (AvgIpc) is 2.56. The van der Waals surface area contributed by atoms with Crippen LogP contribution in [0.15, 0.2) is 63.8 Å². The van der Waals surface area contributed by atoms with Gasteiger partial charge in [-0.05, 0) is 6.07 Å². The highest BCUT2D eigenvalue weighted by atomic mass is 16.7. The van der Waals surface area contributed by atoms with Crippen molar-refractivity contribution in [2.24, 2.45) is 0 Å². The van der Waals surface area contributed by atoms with Gasteiger partial charge in [-0.1, -0.05) is 42.5 Å². The van der Waals surface area contributed by atoms with E-state index >= 15 is 0 Å². The summed E-state index contributed by atoms with van der Waals surface area (Å²) in [4.78, 5) is 12.3. The van der Waals surface area contributed by atoms with E-state index in [2.05, 4.69) is 0 Å². The number of hydrogen-bond acceptors (Lipinski definition) is 4. The maximum absolute atomic E-state index is 12.3. The third-order valence-corrected chi connectivity index (χ3v) is 3.35. The molecule has 112 valence electrons. The SMILES string of the molecule is COCOCc1cccc2c(=O)cc(-c3ccccc3)oc12. The number of para-hydroxylation sites is 1. The Morgan fingerprint density at radius 1 is 1.05 bits per heavy atom. The van der Waals surface area contributed by atoms with Crippen LogP contribution >= 0.6 is 0 Å². The van der Waals surface area contributed by atoms with Gasteiger partial charge in [-0.2, -0.15) is 0 Å². The van der Waals surface area contributed by atoms with Gasteiger partial charge in [0.2, 0.25) is 0 Å². The lowest BCUT2D eigenvalue weighted by Gasteiger charge is -2.08. The highest BCUT2D eigenvalue weighted by Gasteiger charge is 2.10. The van der Waals surface area contributed by atoms with Crippen LogP contribution in [-0.4, -0.2) is 13.9 Å². The molecule has 0 fully saturated rings. The van der Waals surface area contributed by atoms with Gasteiger partial charge in [-0.3, -0.25) is 4.79 Å². The second-order valence-corrected chi connectivity index (χ2v) is 4.89. The highest BCUT2D eigenvalue weighted by molar-refractivity contribution is 5.81. The molecule has 0 aliphatic heterocycles. The van der Waals surface area contributed by atoms with Crippen LogP contribution in [0.25, 0.3) is 22.3 Å². The monoisotopic (exact) mass is 296 g/mol. The van der Waals surface area contributed by atoms with Crippen molar-refractivity contribution < 1.29 is 13.9 Å². The second kappa shape index (κ2) is 6.56. The first-order valence-corrected chi connectivity index (χ1v) is 6.97. The Bertz CT molecular complexity index is 821. The predicted octanol–water partition coefficient (Wildman–Crippen LogP) is 3.58. The van der Waals surface area contributed by atoms with Crippen LogP contribution in [0.5, 0.6) is 0 Å². The molecule has 2 aromatic carbocycles. The van der Waals surface area contributed by atoms with Crippen molar-refractivity contribution in [3.8, 4) is 11.3 Å². The van der Waals surface area contributed by atoms with Gasteiger partial charge in [0, 0.05) is 24.3 Å². The van der Waals surface area contributed by atoms with Crippen molar-refractivity contribution >= 4 is 11.0 Å². The Kier molecular flexibility index (Phi) is 4.32. The molecule has 0 bridgehead atoms. The minimum absolute atomic E-state index is 0.0614. The minimum Gasteiger partial charge on any atom is -0.455 e. The van der Waals surface area contributed by atoms with E-state index in [1.807, 2.05) is 42.5 Å². The smallest absolute Gasteiger partial charge is 0.193 e. The van der Waals surface area contributed by atoms with Gasteiger partial charge < -0.3 is 13.9 Å². The summed E-state index contributed by atoms with van der Waals surface area (Å²) in [6, 6.07) is 16.6. The van der Waals surface area contributed by atoms with Gasteiger partial charge in [0.25, 0.3) is 0 Å². The van der Waals surface area contributed by atoms with E-state index in [1.54, 1.807) is 13.2 Å². The van der Waals surface area contributed by atoms with Crippen LogP contribution < -0.4 is 5.43 Å². The van der Waals surface area contributed by atoms with Gasteiger partial charge in [-0.25, -0.2) is 0 Å². The van der Waals surface area contributed by atoms with Crippen molar-refractivity contribution in [2.45, 2.75) is 6.61 Å². The van der Waals surface area contributed by atoms with E-state index in [4.69, 9.17) is 13.9 Å². The Balaban J connectivity index is 2.10. The summed E-state index contributed by atoms with van der Waals surface area (Å²) in [5.74, 6) is 0.553. The molecule has 0 amide bonds. The number of ether oxygens (including phenoxy) is 2. The number of rotatable bonds is 5. The lowest BCUT2D eigenvalue weighted by atomic mass is 10.1. The van der Waals surface area contributed by atoms with Crippen LogP contribution in [0.3, 0.4) is 0 Å². The molecule has 1 heterocycles. The summed E-state index contributed by atoms with van der Waals surface area (Å²) in [7, 11) is 1.57. The second-order valence-electron chi connectivity index (χ2n) is 4.89. The molecule has 4 nitrogen and oxygen atoms in total. The Labute approximate surface area is 127 Å². The molecule has 0 saturated carbocycles. The van der Waals surface area contributed by atoms with Crippen molar-refractivity contribution in [1.29, 1.82) is 0 Å². The molecule has 0 radical (unpaired) electrons. The molecule has 0 atom stereocenters. The van der Waals surface area contributed by atoms with E-state index in [0.29, 0.717) is 23.3 Å². The van der Waals surface area contributed by atoms with Gasteiger partial charge >= 0.3 is 0 Å². The minimum atomic E-state index is -0.0614. The molecule has 0 aliphatic rings. The van der Waals surface area contributed by atoms with E-state index in [1.165, 1.54) is 6.07 Å². The zero-order chi connectivity index (χ0) is 15.4. The highest BCUT2D eigenvalue weighted by Crippen LogP contribution is 2.24. The molecule has 3 aromatic rings. The first kappa shape index (κ1) is 14.5. The number of methoxy groups -OCH3 is 1. The summed E-state index contributed by atoms with van der Waals surface area (Å²) in [6.07, 6.45) is 0. The maximum atomic E-state index is 12.3. The Hall–Kier alpha value is -2.43. The standard InChI is InChI=1S/C18H16O4/c1-20-12-21-11-14-8-5-9-15-16(19)10-17(22-18(14)15)13-6-3-2-4-7-13/h2-10H,11-12H2,1H3. The number of fused-ring (bicyclic) bond motifs is 1. The predicted molar refractivity (Wildman–Crippen MR) is 84.6 cm³/mol. The quantitative estimate of drug-likeness (QED) is 0.533. The molecule has 0 spiro atoms. The normalized spacial score (nSPS) is 11.0. The zero-order valence-electron chi connectivity index (χ0n) is 12.2. The first-order valence-electron chi connectivity index (χ1n) is 6.97. The van der Waals surface area contributed by atoms with Crippen LogP contribution in [0.1, 0.15) is 5.56 Å². The topological polar surface area (TPSA) is 48.7 Å². The van der Waals surface area contributed by atoms with Crippen molar-refractivity contribution in [1.82, 2.24) is 0 Å². The summed E-state index contributed by atoms with van der Waals surface area (Å²) < 4.78 is 16.2. The Morgan fingerprint density at radius 3 is 2.64 bits per heavy atom. The molecule has 3 rings (SSSR count). The molecule has 0 unspecified atom stereocenters. The summed E-state index contributed by atoms with van der Waals surface area (Å²) in [6.45, 7) is 0.519. The van der Waals surface area contributed by atoms with Crippen molar-refractivity contribution in [3.63, 3.8) is 0 Å². The van der Waals surface area contributed by atoms with E-state index in [9.17, 15) is 4.79 Å². The first-order chi connectivity index (χ1) is 10.8. The van der Waals surface area contributed by atoms with E-state index in [0.717, 1.165) is 11.1 Å². The molecule has 22 heavy (non-hydrogen) atoms.